The van der Waals surface area contributed by atoms with Gasteiger partial charge in [0.05, 0.1) is 6.04 Å². The Hall–Kier alpha value is -2.56. The molecule has 2 heterocycles. The van der Waals surface area contributed by atoms with Gasteiger partial charge in [-0.2, -0.15) is 0 Å². The Labute approximate surface area is 134 Å². The number of aromatic nitrogens is 1. The number of hydrogen-bond acceptors (Lipinski definition) is 3. The predicted octanol–water partition coefficient (Wildman–Crippen LogP) is 3.16. The lowest BCUT2D eigenvalue weighted by Gasteiger charge is -2.25. The molecule has 5 heteroatoms. The quantitative estimate of drug-likeness (QED) is 0.947. The minimum Gasteiger partial charge on any atom is -0.445 e. The molecule has 0 spiro atoms. The highest BCUT2D eigenvalue weighted by atomic mass is 16.6. The third-order valence-electron chi connectivity index (χ3n) is 4.22. The van der Waals surface area contributed by atoms with Crippen molar-refractivity contribution in [3.8, 4) is 0 Å². The number of aromatic amines is 1. The van der Waals surface area contributed by atoms with Crippen molar-refractivity contribution in [1.82, 2.24) is 9.88 Å². The summed E-state index contributed by atoms with van der Waals surface area (Å²) >= 11 is 0. The predicted molar refractivity (Wildman–Crippen MR) is 87.1 cm³/mol. The van der Waals surface area contributed by atoms with Crippen LogP contribution in [0, 0.1) is 6.92 Å². The van der Waals surface area contributed by atoms with Crippen LogP contribution in [0.3, 0.4) is 0 Å². The summed E-state index contributed by atoms with van der Waals surface area (Å²) in [4.78, 5) is 28.2. The molecule has 5 nitrogen and oxygen atoms in total. The normalized spacial score (nSPS) is 17.3. The van der Waals surface area contributed by atoms with Gasteiger partial charge in [0.25, 0.3) is 0 Å². The fourth-order valence-corrected chi connectivity index (χ4v) is 3.05. The highest BCUT2D eigenvalue weighted by molar-refractivity contribution is 5.69. The topological polar surface area (TPSA) is 62.4 Å². The van der Waals surface area contributed by atoms with Crippen molar-refractivity contribution in [1.29, 1.82) is 0 Å². The molecule has 3 rings (SSSR count). The van der Waals surface area contributed by atoms with Gasteiger partial charge in [-0.15, -0.1) is 0 Å². The number of nitrogens with one attached hydrogen (secondary N) is 1. The van der Waals surface area contributed by atoms with Crippen LogP contribution in [-0.2, 0) is 11.3 Å². The van der Waals surface area contributed by atoms with Gasteiger partial charge in [-0.3, -0.25) is 4.79 Å². The number of aryl methyl sites for hydroxylation is 1. The van der Waals surface area contributed by atoms with E-state index in [2.05, 4.69) is 4.98 Å². The van der Waals surface area contributed by atoms with Gasteiger partial charge in [-0.25, -0.2) is 4.79 Å². The summed E-state index contributed by atoms with van der Waals surface area (Å²) in [6.45, 7) is 2.85. The van der Waals surface area contributed by atoms with Crippen LogP contribution in [0.15, 0.2) is 47.4 Å². The van der Waals surface area contributed by atoms with Gasteiger partial charge in [-0.1, -0.05) is 30.3 Å². The Morgan fingerprint density at radius 3 is 2.87 bits per heavy atom. The van der Waals surface area contributed by atoms with Gasteiger partial charge in [0.2, 0.25) is 5.56 Å². The van der Waals surface area contributed by atoms with Crippen LogP contribution in [-0.4, -0.2) is 22.5 Å². The van der Waals surface area contributed by atoms with Crippen LogP contribution in [0.1, 0.15) is 35.6 Å². The van der Waals surface area contributed by atoms with Crippen LogP contribution in [0.25, 0.3) is 0 Å². The summed E-state index contributed by atoms with van der Waals surface area (Å²) in [7, 11) is 0. The standard InChI is InChI=1S/C18H20N2O3/c1-13-10-17(21)19-11-15(13)16-8-5-9-20(16)18(22)23-12-14-6-3-2-4-7-14/h2-4,6-7,10-11,16H,5,8-9,12H2,1H3,(H,19,21). The van der Waals surface area contributed by atoms with E-state index in [1.54, 1.807) is 17.2 Å². The SMILES string of the molecule is Cc1cc(=O)[nH]cc1C1CCCN1C(=O)OCc1ccccc1. The molecule has 120 valence electrons. The molecule has 1 fully saturated rings. The van der Waals surface area contributed by atoms with E-state index in [-0.39, 0.29) is 24.3 Å². The lowest BCUT2D eigenvalue weighted by molar-refractivity contribution is 0.0919. The van der Waals surface area contributed by atoms with Crippen LogP contribution < -0.4 is 5.56 Å². The van der Waals surface area contributed by atoms with Gasteiger partial charge >= 0.3 is 6.09 Å². The highest BCUT2D eigenvalue weighted by Gasteiger charge is 2.32. The molecule has 23 heavy (non-hydrogen) atoms. The molecule has 1 saturated heterocycles. The van der Waals surface area contributed by atoms with Crippen molar-refractivity contribution >= 4 is 6.09 Å². The molecular weight excluding hydrogens is 292 g/mol. The molecule has 1 amide bonds. The van der Waals surface area contributed by atoms with Gasteiger partial charge in [-0.05, 0) is 36.5 Å². The van der Waals surface area contributed by atoms with Gasteiger partial charge in [0.15, 0.2) is 0 Å². The summed E-state index contributed by atoms with van der Waals surface area (Å²) in [5, 5.41) is 0. The van der Waals surface area contributed by atoms with Crippen LogP contribution in [0.4, 0.5) is 4.79 Å². The van der Waals surface area contributed by atoms with Crippen LogP contribution >= 0.6 is 0 Å². The third kappa shape index (κ3) is 3.44. The fourth-order valence-electron chi connectivity index (χ4n) is 3.05. The van der Waals surface area contributed by atoms with Crippen molar-refractivity contribution in [2.75, 3.05) is 6.54 Å². The van der Waals surface area contributed by atoms with E-state index < -0.39 is 0 Å². The smallest absolute Gasteiger partial charge is 0.410 e. The van der Waals surface area contributed by atoms with Crippen LogP contribution in [0.2, 0.25) is 0 Å². The van der Waals surface area contributed by atoms with Gasteiger partial charge in [0.1, 0.15) is 6.61 Å². The zero-order valence-corrected chi connectivity index (χ0v) is 13.1. The van der Waals surface area contributed by atoms with Gasteiger partial charge in [0, 0.05) is 18.8 Å². The van der Waals surface area contributed by atoms with E-state index in [9.17, 15) is 9.59 Å². The number of H-pyrrole nitrogens is 1. The molecule has 1 atom stereocenters. The lowest BCUT2D eigenvalue weighted by atomic mass is 10.0. The summed E-state index contributed by atoms with van der Waals surface area (Å²) in [5.41, 5.74) is 2.74. The van der Waals surface area contributed by atoms with Crippen molar-refractivity contribution in [3.63, 3.8) is 0 Å². The Morgan fingerprint density at radius 1 is 1.35 bits per heavy atom. The zero-order chi connectivity index (χ0) is 16.2. The maximum absolute atomic E-state index is 12.4. The molecule has 0 saturated carbocycles. The summed E-state index contributed by atoms with van der Waals surface area (Å²) in [6, 6.07) is 11.2. The molecular formula is C18H20N2O3. The molecule has 1 aromatic heterocycles. The fraction of sp³-hybridized carbons (Fsp3) is 0.333. The average Bonchev–Trinajstić information content (AvgIpc) is 3.03. The number of rotatable bonds is 3. The van der Waals surface area contributed by atoms with E-state index in [0.717, 1.165) is 29.5 Å². The Morgan fingerprint density at radius 2 is 2.13 bits per heavy atom. The van der Waals surface area contributed by atoms with Crippen molar-refractivity contribution < 1.29 is 9.53 Å². The highest BCUT2D eigenvalue weighted by Crippen LogP contribution is 2.33. The molecule has 0 aliphatic carbocycles. The van der Waals surface area contributed by atoms with E-state index in [0.29, 0.717) is 6.54 Å². The summed E-state index contributed by atoms with van der Waals surface area (Å²) in [6.07, 6.45) is 3.23. The van der Waals surface area contributed by atoms with E-state index >= 15 is 0 Å². The van der Waals surface area contributed by atoms with E-state index in [1.165, 1.54) is 0 Å². The Kier molecular flexibility index (Phi) is 4.46. The van der Waals surface area contributed by atoms with E-state index in [4.69, 9.17) is 4.74 Å². The maximum Gasteiger partial charge on any atom is 0.410 e. The molecule has 1 N–H and O–H groups in total. The monoisotopic (exact) mass is 312 g/mol. The molecule has 0 bridgehead atoms. The zero-order valence-electron chi connectivity index (χ0n) is 13.1. The maximum atomic E-state index is 12.4. The van der Waals surface area contributed by atoms with Crippen LogP contribution in [0.5, 0.6) is 0 Å². The number of likely N-dealkylation sites (tertiary alicyclic amines) is 1. The first kappa shape index (κ1) is 15.3. The summed E-state index contributed by atoms with van der Waals surface area (Å²) < 4.78 is 5.44. The van der Waals surface area contributed by atoms with Gasteiger partial charge < -0.3 is 14.6 Å². The second kappa shape index (κ2) is 6.69. The van der Waals surface area contributed by atoms with Crippen molar-refractivity contribution in [2.24, 2.45) is 0 Å². The average molecular weight is 312 g/mol. The molecule has 2 aromatic rings. The number of hydrogen-bond donors (Lipinski definition) is 1. The number of amides is 1. The first-order valence-electron chi connectivity index (χ1n) is 7.81. The van der Waals surface area contributed by atoms with Crippen molar-refractivity contribution in [3.05, 3.63) is 69.6 Å². The number of carbonyl (C=O) groups is 1. The number of benzene rings is 1. The number of pyridine rings is 1. The number of nitrogens with zero attached hydrogens (tertiary/aromatic N) is 1. The molecule has 1 aromatic carbocycles. The number of ether oxygens (including phenoxy) is 1. The second-order valence-electron chi connectivity index (χ2n) is 5.83. The third-order valence-corrected chi connectivity index (χ3v) is 4.22. The number of carbonyl (C=O) groups excluding carboxylic acids is 1. The molecule has 1 aliphatic rings. The lowest BCUT2D eigenvalue weighted by Crippen LogP contribution is -2.31. The first-order valence-corrected chi connectivity index (χ1v) is 7.81. The Balaban J connectivity index is 1.71. The molecule has 0 radical (unpaired) electrons. The minimum absolute atomic E-state index is 0.0323. The van der Waals surface area contributed by atoms with E-state index in [1.807, 2.05) is 37.3 Å². The summed E-state index contributed by atoms with van der Waals surface area (Å²) in [5.74, 6) is 0. The van der Waals surface area contributed by atoms with Crippen molar-refractivity contribution in [2.45, 2.75) is 32.4 Å². The first-order chi connectivity index (χ1) is 11.1. The molecule has 1 aliphatic heterocycles. The molecule has 1 unspecified atom stereocenters. The Bertz CT molecular complexity index is 739. The largest absolute Gasteiger partial charge is 0.445 e. The second-order valence-corrected chi connectivity index (χ2v) is 5.83. The minimum atomic E-state index is -0.304.